The zero-order chi connectivity index (χ0) is 12.0. The normalized spacial score (nSPS) is 23.4. The van der Waals surface area contributed by atoms with Crippen LogP contribution in [0.5, 0.6) is 11.5 Å². The average Bonchev–Trinajstić information content (AvgIpc) is 2.26. The van der Waals surface area contributed by atoms with Crippen molar-refractivity contribution in [2.24, 2.45) is 0 Å². The van der Waals surface area contributed by atoms with Gasteiger partial charge in [0.1, 0.15) is 0 Å². The lowest BCUT2D eigenvalue weighted by Crippen LogP contribution is -2.37. The molecule has 0 saturated carbocycles. The molecule has 0 radical (unpaired) electrons. The van der Waals surface area contributed by atoms with Gasteiger partial charge in [-0.25, -0.2) is 0 Å². The first-order valence-corrected chi connectivity index (χ1v) is 7.48. The molecular formula is C9H6Br4O3. The van der Waals surface area contributed by atoms with Crippen molar-refractivity contribution >= 4 is 63.7 Å². The van der Waals surface area contributed by atoms with Crippen LogP contribution in [-0.4, -0.2) is 17.5 Å². The third-order valence-electron chi connectivity index (χ3n) is 2.13. The SMILES string of the molecule is C[C@@H]1Oc2c(Br)c(Br)c(Br)c(Br)c2OC1O. The highest BCUT2D eigenvalue weighted by atomic mass is 79.9. The monoisotopic (exact) mass is 478 g/mol. The van der Waals surface area contributed by atoms with Crippen LogP contribution in [0.25, 0.3) is 0 Å². The predicted octanol–water partition coefficient (Wildman–Crippen LogP) is 4.21. The van der Waals surface area contributed by atoms with Crippen molar-refractivity contribution in [2.45, 2.75) is 19.3 Å². The molecule has 2 rings (SSSR count). The summed E-state index contributed by atoms with van der Waals surface area (Å²) in [4.78, 5) is 0. The molecule has 0 saturated heterocycles. The summed E-state index contributed by atoms with van der Waals surface area (Å²) in [6, 6.07) is 0. The van der Waals surface area contributed by atoms with Gasteiger partial charge in [-0.15, -0.1) is 0 Å². The highest BCUT2D eigenvalue weighted by Crippen LogP contribution is 2.52. The fourth-order valence-electron chi connectivity index (χ4n) is 1.26. The van der Waals surface area contributed by atoms with Crippen molar-refractivity contribution in [3.05, 3.63) is 17.9 Å². The number of benzene rings is 1. The maximum atomic E-state index is 9.59. The second kappa shape index (κ2) is 4.76. The minimum absolute atomic E-state index is 0.413. The predicted molar refractivity (Wildman–Crippen MR) is 74.0 cm³/mol. The van der Waals surface area contributed by atoms with E-state index in [4.69, 9.17) is 9.47 Å². The maximum absolute atomic E-state index is 9.59. The van der Waals surface area contributed by atoms with E-state index in [0.717, 1.165) is 13.4 Å². The Bertz CT molecular complexity index is 408. The fraction of sp³-hybridized carbons (Fsp3) is 0.333. The van der Waals surface area contributed by atoms with E-state index in [-0.39, 0.29) is 0 Å². The number of fused-ring (bicyclic) bond motifs is 1. The number of rotatable bonds is 0. The van der Waals surface area contributed by atoms with Crippen molar-refractivity contribution in [2.75, 3.05) is 0 Å². The Labute approximate surface area is 126 Å². The highest BCUT2D eigenvalue weighted by Gasteiger charge is 2.32. The summed E-state index contributed by atoms with van der Waals surface area (Å²) < 4.78 is 14.0. The number of ether oxygens (including phenoxy) is 2. The van der Waals surface area contributed by atoms with E-state index >= 15 is 0 Å². The van der Waals surface area contributed by atoms with Crippen LogP contribution >= 0.6 is 63.7 Å². The Morgan fingerprint density at radius 3 is 1.81 bits per heavy atom. The number of hydrogen-bond donors (Lipinski definition) is 1. The summed E-state index contributed by atoms with van der Waals surface area (Å²) in [6.07, 6.45) is -1.38. The van der Waals surface area contributed by atoms with Gasteiger partial charge in [-0.3, -0.25) is 0 Å². The largest absolute Gasteiger partial charge is 0.479 e. The van der Waals surface area contributed by atoms with Crippen LogP contribution < -0.4 is 9.47 Å². The Balaban J connectivity index is 2.64. The van der Waals surface area contributed by atoms with E-state index in [1.807, 2.05) is 0 Å². The van der Waals surface area contributed by atoms with Gasteiger partial charge < -0.3 is 14.6 Å². The molecule has 16 heavy (non-hydrogen) atoms. The van der Waals surface area contributed by atoms with Crippen molar-refractivity contribution in [1.29, 1.82) is 0 Å². The molecule has 1 aliphatic heterocycles. The van der Waals surface area contributed by atoms with E-state index in [1.54, 1.807) is 6.92 Å². The first kappa shape index (κ1) is 13.1. The third-order valence-corrected chi connectivity index (χ3v) is 6.82. The molecule has 1 aromatic rings. The summed E-state index contributed by atoms with van der Waals surface area (Å²) in [5, 5.41) is 9.59. The molecule has 0 fully saturated rings. The van der Waals surface area contributed by atoms with Gasteiger partial charge in [0.2, 0.25) is 6.29 Å². The maximum Gasteiger partial charge on any atom is 0.234 e. The third kappa shape index (κ3) is 2.05. The van der Waals surface area contributed by atoms with E-state index in [2.05, 4.69) is 63.7 Å². The highest BCUT2D eigenvalue weighted by molar-refractivity contribution is 9.15. The molecule has 2 atom stereocenters. The van der Waals surface area contributed by atoms with Crippen molar-refractivity contribution in [1.82, 2.24) is 0 Å². The smallest absolute Gasteiger partial charge is 0.234 e. The number of halogens is 4. The molecule has 88 valence electrons. The van der Waals surface area contributed by atoms with E-state index in [0.29, 0.717) is 16.0 Å². The van der Waals surface area contributed by atoms with Crippen LogP contribution in [0.3, 0.4) is 0 Å². The minimum atomic E-state index is -0.969. The lowest BCUT2D eigenvalue weighted by atomic mass is 10.2. The summed E-state index contributed by atoms with van der Waals surface area (Å²) in [5.41, 5.74) is 0. The Morgan fingerprint density at radius 2 is 1.31 bits per heavy atom. The molecule has 1 aromatic carbocycles. The molecular weight excluding hydrogens is 476 g/mol. The molecule has 1 unspecified atom stereocenters. The van der Waals surface area contributed by atoms with E-state index in [1.165, 1.54) is 0 Å². The topological polar surface area (TPSA) is 38.7 Å². The molecule has 7 heteroatoms. The van der Waals surface area contributed by atoms with Crippen molar-refractivity contribution in [3.8, 4) is 11.5 Å². The van der Waals surface area contributed by atoms with Gasteiger partial charge in [-0.2, -0.15) is 0 Å². The van der Waals surface area contributed by atoms with Gasteiger partial charge in [-0.05, 0) is 70.6 Å². The lowest BCUT2D eigenvalue weighted by Gasteiger charge is -2.30. The van der Waals surface area contributed by atoms with Crippen molar-refractivity contribution in [3.63, 3.8) is 0 Å². The number of hydrogen-bond acceptors (Lipinski definition) is 3. The molecule has 0 spiro atoms. The number of aliphatic hydroxyl groups excluding tert-OH is 1. The summed E-state index contributed by atoms with van der Waals surface area (Å²) in [5.74, 6) is 1.05. The van der Waals surface area contributed by atoms with Crippen LogP contribution in [0.2, 0.25) is 0 Å². The molecule has 1 aliphatic rings. The van der Waals surface area contributed by atoms with Crippen LogP contribution in [-0.2, 0) is 0 Å². The molecule has 0 amide bonds. The fourth-order valence-corrected chi connectivity index (χ4v) is 3.49. The first-order valence-electron chi connectivity index (χ1n) is 4.30. The summed E-state index contributed by atoms with van der Waals surface area (Å²) in [6.45, 7) is 1.74. The number of aliphatic hydroxyl groups is 1. The van der Waals surface area contributed by atoms with Gasteiger partial charge in [-0.1, -0.05) is 0 Å². The lowest BCUT2D eigenvalue weighted by molar-refractivity contribution is -0.107. The van der Waals surface area contributed by atoms with Crippen molar-refractivity contribution < 1.29 is 14.6 Å². The molecule has 1 N–H and O–H groups in total. The van der Waals surface area contributed by atoms with Gasteiger partial charge >= 0.3 is 0 Å². The minimum Gasteiger partial charge on any atom is -0.479 e. The molecule has 0 aliphatic carbocycles. The zero-order valence-electron chi connectivity index (χ0n) is 7.93. The quantitative estimate of drug-likeness (QED) is 0.446. The van der Waals surface area contributed by atoms with Gasteiger partial charge in [0.15, 0.2) is 17.6 Å². The zero-order valence-corrected chi connectivity index (χ0v) is 14.3. The van der Waals surface area contributed by atoms with Crippen LogP contribution in [0.4, 0.5) is 0 Å². The Morgan fingerprint density at radius 1 is 0.875 bits per heavy atom. The van der Waals surface area contributed by atoms with Gasteiger partial charge in [0.25, 0.3) is 0 Å². The van der Waals surface area contributed by atoms with Crippen LogP contribution in [0.1, 0.15) is 6.92 Å². The van der Waals surface area contributed by atoms with E-state index < -0.39 is 12.4 Å². The van der Waals surface area contributed by atoms with Gasteiger partial charge in [0, 0.05) is 0 Å². The summed E-state index contributed by atoms with van der Waals surface area (Å²) >= 11 is 13.6. The Kier molecular flexibility index (Phi) is 3.91. The van der Waals surface area contributed by atoms with Gasteiger partial charge in [0.05, 0.1) is 17.9 Å². The van der Waals surface area contributed by atoms with Crippen LogP contribution in [0.15, 0.2) is 17.9 Å². The summed E-state index contributed by atoms with van der Waals surface area (Å²) in [7, 11) is 0. The van der Waals surface area contributed by atoms with Crippen LogP contribution in [0, 0.1) is 0 Å². The molecule has 0 aromatic heterocycles. The second-order valence-electron chi connectivity index (χ2n) is 3.25. The standard InChI is InChI=1S/C9H6Br4O3/c1-2-9(14)16-8-6(13)4(11)3(10)5(12)7(8)15-2/h2,9,14H,1H3/t2-,9?/m0/s1. The molecule has 0 bridgehead atoms. The molecule has 1 heterocycles. The molecule has 3 nitrogen and oxygen atoms in total. The second-order valence-corrected chi connectivity index (χ2v) is 6.42. The first-order chi connectivity index (χ1) is 7.43. The Hall–Kier alpha value is 0.700. The van der Waals surface area contributed by atoms with E-state index in [9.17, 15) is 5.11 Å². The average molecular weight is 482 g/mol.